The van der Waals surface area contributed by atoms with Gasteiger partial charge in [0.05, 0.1) is 13.2 Å². The van der Waals surface area contributed by atoms with Crippen LogP contribution >= 0.6 is 0 Å². The summed E-state index contributed by atoms with van der Waals surface area (Å²) in [5, 5.41) is 46.2. The maximum Gasteiger partial charge on any atom is 0.111 e. The number of ether oxygens (including phenoxy) is 1. The van der Waals surface area contributed by atoms with Crippen LogP contribution in [0.15, 0.2) is 0 Å². The van der Waals surface area contributed by atoms with Gasteiger partial charge in [-0.1, -0.05) is 32.6 Å². The molecule has 4 atom stereocenters. The van der Waals surface area contributed by atoms with Crippen molar-refractivity contribution in [1.82, 2.24) is 0 Å². The van der Waals surface area contributed by atoms with E-state index < -0.39 is 31.0 Å². The molecule has 0 heterocycles. The van der Waals surface area contributed by atoms with E-state index >= 15 is 0 Å². The predicted octanol–water partition coefficient (Wildman–Crippen LogP) is -0.591. The second-order valence-electron chi connectivity index (χ2n) is 4.79. The van der Waals surface area contributed by atoms with E-state index in [1.807, 2.05) is 0 Å². The summed E-state index contributed by atoms with van der Waals surface area (Å²) in [5.41, 5.74) is 0. The Morgan fingerprint density at radius 3 is 2.00 bits per heavy atom. The summed E-state index contributed by atoms with van der Waals surface area (Å²) in [6.45, 7) is 1.85. The zero-order valence-corrected chi connectivity index (χ0v) is 11.6. The first-order valence-corrected chi connectivity index (χ1v) is 6.95. The van der Waals surface area contributed by atoms with Crippen molar-refractivity contribution in [2.45, 2.75) is 63.4 Å². The Labute approximate surface area is 114 Å². The third-order valence-electron chi connectivity index (χ3n) is 3.01. The van der Waals surface area contributed by atoms with Crippen molar-refractivity contribution in [3.05, 3.63) is 0 Å². The van der Waals surface area contributed by atoms with E-state index in [4.69, 9.17) is 14.9 Å². The first-order chi connectivity index (χ1) is 9.04. The molecular weight excluding hydrogens is 252 g/mol. The van der Waals surface area contributed by atoms with Crippen LogP contribution in [0.2, 0.25) is 0 Å². The van der Waals surface area contributed by atoms with Gasteiger partial charge in [0, 0.05) is 6.61 Å². The Morgan fingerprint density at radius 2 is 1.42 bits per heavy atom. The Kier molecular flexibility index (Phi) is 11.4. The van der Waals surface area contributed by atoms with Crippen LogP contribution in [-0.2, 0) is 4.74 Å². The van der Waals surface area contributed by atoms with Crippen LogP contribution in [0.1, 0.15) is 39.0 Å². The molecule has 0 unspecified atom stereocenters. The van der Waals surface area contributed by atoms with E-state index in [1.54, 1.807) is 0 Å². The maximum absolute atomic E-state index is 9.55. The second-order valence-corrected chi connectivity index (χ2v) is 4.79. The van der Waals surface area contributed by atoms with Gasteiger partial charge in [0.15, 0.2) is 0 Å². The van der Waals surface area contributed by atoms with E-state index in [9.17, 15) is 15.3 Å². The number of rotatable bonds is 12. The Hall–Kier alpha value is -0.240. The highest BCUT2D eigenvalue weighted by Gasteiger charge is 2.29. The molecule has 0 aliphatic rings. The summed E-state index contributed by atoms with van der Waals surface area (Å²) in [7, 11) is 0. The molecule has 0 aromatic heterocycles. The van der Waals surface area contributed by atoms with Crippen LogP contribution in [0, 0.1) is 0 Å². The molecule has 116 valence electrons. The molecule has 0 radical (unpaired) electrons. The van der Waals surface area contributed by atoms with Gasteiger partial charge in [-0.3, -0.25) is 0 Å². The van der Waals surface area contributed by atoms with Gasteiger partial charge in [0.2, 0.25) is 0 Å². The number of unbranched alkanes of at least 4 members (excludes halogenated alkanes) is 4. The highest BCUT2D eigenvalue weighted by Crippen LogP contribution is 2.07. The van der Waals surface area contributed by atoms with Gasteiger partial charge in [-0.2, -0.15) is 0 Å². The molecule has 0 aromatic carbocycles. The summed E-state index contributed by atoms with van der Waals surface area (Å²) in [4.78, 5) is 0. The van der Waals surface area contributed by atoms with Gasteiger partial charge in [-0.05, 0) is 6.42 Å². The van der Waals surface area contributed by atoms with Crippen LogP contribution in [0.4, 0.5) is 0 Å². The van der Waals surface area contributed by atoms with E-state index in [1.165, 1.54) is 12.8 Å². The SMILES string of the molecule is CCCCCCCOC[C@@H](O)[C@@H](O)[C@H](O)[C@@H](O)CO. The molecule has 19 heavy (non-hydrogen) atoms. The molecule has 0 rings (SSSR count). The number of aliphatic hydroxyl groups is 5. The smallest absolute Gasteiger partial charge is 0.111 e. The van der Waals surface area contributed by atoms with Gasteiger partial charge in [-0.25, -0.2) is 0 Å². The topological polar surface area (TPSA) is 110 Å². The van der Waals surface area contributed by atoms with Crippen LogP contribution < -0.4 is 0 Å². The van der Waals surface area contributed by atoms with Crippen molar-refractivity contribution < 1.29 is 30.3 Å². The molecule has 0 saturated carbocycles. The fourth-order valence-electron chi connectivity index (χ4n) is 1.67. The lowest BCUT2D eigenvalue weighted by Crippen LogP contribution is -2.47. The fraction of sp³-hybridized carbons (Fsp3) is 1.00. The van der Waals surface area contributed by atoms with Gasteiger partial charge in [0.25, 0.3) is 0 Å². The molecule has 0 amide bonds. The van der Waals surface area contributed by atoms with Crippen LogP contribution in [0.3, 0.4) is 0 Å². The van der Waals surface area contributed by atoms with Crippen molar-refractivity contribution in [2.75, 3.05) is 19.8 Å². The van der Waals surface area contributed by atoms with Crippen molar-refractivity contribution >= 4 is 0 Å². The van der Waals surface area contributed by atoms with E-state index in [0.717, 1.165) is 19.3 Å². The molecule has 0 saturated heterocycles. The molecule has 0 aromatic rings. The summed E-state index contributed by atoms with van der Waals surface area (Å²) in [6, 6.07) is 0. The van der Waals surface area contributed by atoms with Gasteiger partial charge in [0.1, 0.15) is 24.4 Å². The van der Waals surface area contributed by atoms with Crippen molar-refractivity contribution in [3.8, 4) is 0 Å². The first kappa shape index (κ1) is 18.8. The third-order valence-corrected chi connectivity index (χ3v) is 3.01. The lowest BCUT2D eigenvalue weighted by molar-refractivity contribution is -0.129. The molecule has 0 bridgehead atoms. The van der Waals surface area contributed by atoms with Gasteiger partial charge < -0.3 is 30.3 Å². The van der Waals surface area contributed by atoms with Crippen molar-refractivity contribution in [2.24, 2.45) is 0 Å². The lowest BCUT2D eigenvalue weighted by Gasteiger charge is -2.25. The van der Waals surface area contributed by atoms with E-state index in [0.29, 0.717) is 6.61 Å². The molecule has 0 fully saturated rings. The highest BCUT2D eigenvalue weighted by atomic mass is 16.5. The zero-order chi connectivity index (χ0) is 14.7. The Morgan fingerprint density at radius 1 is 0.842 bits per heavy atom. The minimum atomic E-state index is -1.59. The third kappa shape index (κ3) is 8.52. The van der Waals surface area contributed by atoms with Crippen LogP contribution in [-0.4, -0.2) is 69.8 Å². The number of hydrogen-bond acceptors (Lipinski definition) is 6. The quantitative estimate of drug-likeness (QED) is 0.306. The second kappa shape index (κ2) is 11.6. The molecule has 5 N–H and O–H groups in total. The van der Waals surface area contributed by atoms with E-state index in [-0.39, 0.29) is 6.61 Å². The summed E-state index contributed by atoms with van der Waals surface area (Å²) < 4.78 is 5.20. The lowest BCUT2D eigenvalue weighted by atomic mass is 10.0. The van der Waals surface area contributed by atoms with E-state index in [2.05, 4.69) is 6.92 Å². The largest absolute Gasteiger partial charge is 0.394 e. The molecular formula is C13H28O6. The molecule has 6 heteroatoms. The van der Waals surface area contributed by atoms with Gasteiger partial charge >= 0.3 is 0 Å². The average molecular weight is 280 g/mol. The maximum atomic E-state index is 9.55. The predicted molar refractivity (Wildman–Crippen MR) is 70.7 cm³/mol. The van der Waals surface area contributed by atoms with Gasteiger partial charge in [-0.15, -0.1) is 0 Å². The minimum Gasteiger partial charge on any atom is -0.394 e. The molecule has 0 aliphatic carbocycles. The van der Waals surface area contributed by atoms with Crippen molar-refractivity contribution in [1.29, 1.82) is 0 Å². The summed E-state index contributed by atoms with van der Waals surface area (Å²) in [5.74, 6) is 0. The Balaban J connectivity index is 3.64. The standard InChI is InChI=1S/C13H28O6/c1-2-3-4-5-6-7-19-9-11(16)13(18)12(17)10(15)8-14/h10-18H,2-9H2,1H3/t10-,11+,12+,13+/m0/s1. The summed E-state index contributed by atoms with van der Waals surface area (Å²) in [6.07, 6.45) is -0.389. The Bertz CT molecular complexity index is 202. The number of hydrogen-bond donors (Lipinski definition) is 5. The van der Waals surface area contributed by atoms with Crippen LogP contribution in [0.5, 0.6) is 0 Å². The summed E-state index contributed by atoms with van der Waals surface area (Å²) >= 11 is 0. The molecule has 0 spiro atoms. The molecule has 0 aliphatic heterocycles. The molecule has 6 nitrogen and oxygen atoms in total. The fourth-order valence-corrected chi connectivity index (χ4v) is 1.67. The highest BCUT2D eigenvalue weighted by molar-refractivity contribution is 4.80. The normalized spacial score (nSPS) is 18.0. The first-order valence-electron chi connectivity index (χ1n) is 6.95. The monoisotopic (exact) mass is 280 g/mol. The number of aliphatic hydroxyl groups excluding tert-OH is 5. The average Bonchev–Trinajstić information content (AvgIpc) is 2.43. The minimum absolute atomic E-state index is 0.107. The zero-order valence-electron chi connectivity index (χ0n) is 11.6. The van der Waals surface area contributed by atoms with Crippen LogP contribution in [0.25, 0.3) is 0 Å². The van der Waals surface area contributed by atoms with Crippen molar-refractivity contribution in [3.63, 3.8) is 0 Å².